The van der Waals surface area contributed by atoms with Gasteiger partial charge in [-0.15, -0.1) is 0 Å². The smallest absolute Gasteiger partial charge is 0.0933 e. The second-order valence-electron chi connectivity index (χ2n) is 4.74. The lowest BCUT2D eigenvalue weighted by Gasteiger charge is -2.41. The highest BCUT2D eigenvalue weighted by Crippen LogP contribution is 2.28. The minimum atomic E-state index is 0.0475. The van der Waals surface area contributed by atoms with Crippen molar-refractivity contribution in [2.45, 2.75) is 38.3 Å². The molecule has 0 aromatic carbocycles. The van der Waals surface area contributed by atoms with Crippen LogP contribution in [0.4, 0.5) is 0 Å². The Morgan fingerprint density at radius 3 is 2.79 bits per heavy atom. The molecule has 3 heteroatoms. The topological polar surface area (TPSA) is 32.7 Å². The van der Waals surface area contributed by atoms with E-state index in [1.807, 2.05) is 0 Å². The largest absolute Gasteiger partial charge is 0.394 e. The van der Waals surface area contributed by atoms with Crippen LogP contribution in [0.2, 0.25) is 0 Å². The molecule has 82 valence electrons. The first-order valence-electron chi connectivity index (χ1n) is 5.76. The molecule has 1 N–H and O–H groups in total. The average molecular weight is 199 g/mol. The molecular formula is C11H21NO2. The van der Waals surface area contributed by atoms with Crippen LogP contribution in [-0.4, -0.2) is 48.5 Å². The SMILES string of the molecule is CC1COC(CO)CN1CC1CCC1. The van der Waals surface area contributed by atoms with Crippen LogP contribution in [0.25, 0.3) is 0 Å². The molecule has 0 radical (unpaired) electrons. The normalized spacial score (nSPS) is 35.6. The van der Waals surface area contributed by atoms with Gasteiger partial charge in [-0.25, -0.2) is 0 Å². The monoisotopic (exact) mass is 199 g/mol. The van der Waals surface area contributed by atoms with Gasteiger partial charge in [0.05, 0.1) is 19.3 Å². The summed E-state index contributed by atoms with van der Waals surface area (Å²) in [7, 11) is 0. The number of hydrogen-bond donors (Lipinski definition) is 1. The lowest BCUT2D eigenvalue weighted by atomic mass is 9.84. The minimum Gasteiger partial charge on any atom is -0.394 e. The Kier molecular flexibility index (Phi) is 3.42. The zero-order chi connectivity index (χ0) is 9.97. The predicted octanol–water partition coefficient (Wildman–Crippen LogP) is 0.868. The van der Waals surface area contributed by atoms with Gasteiger partial charge in [0.15, 0.2) is 0 Å². The lowest BCUT2D eigenvalue weighted by molar-refractivity contribution is -0.0840. The Balaban J connectivity index is 1.80. The molecule has 1 aliphatic heterocycles. The van der Waals surface area contributed by atoms with Crippen molar-refractivity contribution in [2.24, 2.45) is 5.92 Å². The van der Waals surface area contributed by atoms with E-state index in [4.69, 9.17) is 9.84 Å². The second-order valence-corrected chi connectivity index (χ2v) is 4.74. The highest BCUT2D eigenvalue weighted by Gasteiger charge is 2.29. The van der Waals surface area contributed by atoms with Gasteiger partial charge in [0.1, 0.15) is 0 Å². The maximum absolute atomic E-state index is 9.05. The molecule has 0 bridgehead atoms. The van der Waals surface area contributed by atoms with Gasteiger partial charge in [0.2, 0.25) is 0 Å². The molecule has 1 saturated heterocycles. The lowest BCUT2D eigenvalue weighted by Crippen LogP contribution is -2.51. The van der Waals surface area contributed by atoms with Crippen molar-refractivity contribution in [3.63, 3.8) is 0 Å². The van der Waals surface area contributed by atoms with E-state index >= 15 is 0 Å². The average Bonchev–Trinajstić information content (AvgIpc) is 2.14. The van der Waals surface area contributed by atoms with Crippen molar-refractivity contribution < 1.29 is 9.84 Å². The summed E-state index contributed by atoms with van der Waals surface area (Å²) in [5, 5.41) is 9.05. The molecule has 1 aliphatic carbocycles. The van der Waals surface area contributed by atoms with Gasteiger partial charge in [-0.3, -0.25) is 4.90 Å². The fourth-order valence-corrected chi connectivity index (χ4v) is 2.25. The van der Waals surface area contributed by atoms with E-state index in [0.29, 0.717) is 6.04 Å². The molecular weight excluding hydrogens is 178 g/mol. The number of aliphatic hydroxyl groups is 1. The summed E-state index contributed by atoms with van der Waals surface area (Å²) in [6.45, 7) is 5.27. The Morgan fingerprint density at radius 1 is 1.43 bits per heavy atom. The van der Waals surface area contributed by atoms with Crippen LogP contribution in [0.5, 0.6) is 0 Å². The fourth-order valence-electron chi connectivity index (χ4n) is 2.25. The number of nitrogens with zero attached hydrogens (tertiary/aromatic N) is 1. The van der Waals surface area contributed by atoms with Crippen LogP contribution in [0, 0.1) is 5.92 Å². The minimum absolute atomic E-state index is 0.0475. The predicted molar refractivity (Wildman–Crippen MR) is 55.2 cm³/mol. The molecule has 3 nitrogen and oxygen atoms in total. The maximum atomic E-state index is 9.05. The molecule has 0 spiro atoms. The molecule has 2 rings (SSSR count). The van der Waals surface area contributed by atoms with Crippen LogP contribution >= 0.6 is 0 Å². The van der Waals surface area contributed by atoms with E-state index in [2.05, 4.69) is 11.8 Å². The van der Waals surface area contributed by atoms with E-state index in [-0.39, 0.29) is 12.7 Å². The summed E-state index contributed by atoms with van der Waals surface area (Å²) in [4.78, 5) is 2.48. The van der Waals surface area contributed by atoms with Gasteiger partial charge in [-0.1, -0.05) is 6.42 Å². The van der Waals surface area contributed by atoms with Crippen LogP contribution in [-0.2, 0) is 4.74 Å². The first kappa shape index (κ1) is 10.4. The Labute approximate surface area is 86.0 Å². The highest BCUT2D eigenvalue weighted by atomic mass is 16.5. The van der Waals surface area contributed by atoms with E-state index < -0.39 is 0 Å². The van der Waals surface area contributed by atoms with Crippen molar-refractivity contribution >= 4 is 0 Å². The van der Waals surface area contributed by atoms with Crippen LogP contribution in [0.15, 0.2) is 0 Å². The van der Waals surface area contributed by atoms with Gasteiger partial charge in [0.25, 0.3) is 0 Å². The zero-order valence-electron chi connectivity index (χ0n) is 8.98. The molecule has 1 heterocycles. The number of ether oxygens (including phenoxy) is 1. The molecule has 0 amide bonds. The third-order valence-corrected chi connectivity index (χ3v) is 3.56. The number of aliphatic hydroxyl groups excluding tert-OH is 1. The maximum Gasteiger partial charge on any atom is 0.0933 e. The summed E-state index contributed by atoms with van der Waals surface area (Å²) in [6, 6.07) is 0.526. The Bertz CT molecular complexity index is 180. The first-order valence-corrected chi connectivity index (χ1v) is 5.76. The van der Waals surface area contributed by atoms with Crippen molar-refractivity contribution in [3.05, 3.63) is 0 Å². The molecule has 0 aromatic rings. The summed E-state index contributed by atoms with van der Waals surface area (Å²) in [5.74, 6) is 0.912. The van der Waals surface area contributed by atoms with Gasteiger partial charge in [0, 0.05) is 19.1 Å². The van der Waals surface area contributed by atoms with Gasteiger partial charge < -0.3 is 9.84 Å². The Hall–Kier alpha value is -0.120. The quantitative estimate of drug-likeness (QED) is 0.732. The molecule has 1 saturated carbocycles. The van der Waals surface area contributed by atoms with E-state index in [9.17, 15) is 0 Å². The van der Waals surface area contributed by atoms with E-state index in [0.717, 1.165) is 19.1 Å². The summed E-state index contributed by atoms with van der Waals surface area (Å²) < 4.78 is 5.51. The highest BCUT2D eigenvalue weighted by molar-refractivity contribution is 4.81. The summed E-state index contributed by atoms with van der Waals surface area (Å²) in [6.07, 6.45) is 4.25. The van der Waals surface area contributed by atoms with Crippen LogP contribution in [0.1, 0.15) is 26.2 Å². The molecule has 2 aliphatic rings. The zero-order valence-corrected chi connectivity index (χ0v) is 8.98. The first-order chi connectivity index (χ1) is 6.79. The van der Waals surface area contributed by atoms with Gasteiger partial charge >= 0.3 is 0 Å². The number of morpholine rings is 1. The molecule has 14 heavy (non-hydrogen) atoms. The molecule has 2 fully saturated rings. The van der Waals surface area contributed by atoms with Crippen molar-refractivity contribution in [1.82, 2.24) is 4.90 Å². The summed E-state index contributed by atoms with van der Waals surface area (Å²) in [5.41, 5.74) is 0. The fraction of sp³-hybridized carbons (Fsp3) is 1.00. The second kappa shape index (κ2) is 4.60. The number of hydrogen-bond acceptors (Lipinski definition) is 3. The van der Waals surface area contributed by atoms with Crippen LogP contribution < -0.4 is 0 Å². The van der Waals surface area contributed by atoms with Crippen molar-refractivity contribution in [1.29, 1.82) is 0 Å². The summed E-state index contributed by atoms with van der Waals surface area (Å²) >= 11 is 0. The van der Waals surface area contributed by atoms with Crippen molar-refractivity contribution in [2.75, 3.05) is 26.3 Å². The molecule has 0 aromatic heterocycles. The van der Waals surface area contributed by atoms with E-state index in [1.165, 1.54) is 25.8 Å². The molecule has 2 atom stereocenters. The third-order valence-electron chi connectivity index (χ3n) is 3.56. The molecule has 2 unspecified atom stereocenters. The van der Waals surface area contributed by atoms with E-state index in [1.54, 1.807) is 0 Å². The standard InChI is InChI=1S/C11H21NO2/c1-9-8-14-11(7-13)6-12(9)5-10-3-2-4-10/h9-11,13H,2-8H2,1H3. The van der Waals surface area contributed by atoms with Crippen LogP contribution in [0.3, 0.4) is 0 Å². The Morgan fingerprint density at radius 2 is 2.21 bits per heavy atom. The number of rotatable bonds is 3. The third kappa shape index (κ3) is 2.27. The van der Waals surface area contributed by atoms with Gasteiger partial charge in [-0.05, 0) is 25.7 Å². The van der Waals surface area contributed by atoms with Crippen molar-refractivity contribution in [3.8, 4) is 0 Å². The van der Waals surface area contributed by atoms with Gasteiger partial charge in [-0.2, -0.15) is 0 Å².